The van der Waals surface area contributed by atoms with Gasteiger partial charge in [-0.1, -0.05) is 19.9 Å². The Balaban J connectivity index is 3.08. The minimum Gasteiger partial charge on any atom is -0.307 e. The highest BCUT2D eigenvalue weighted by Crippen LogP contribution is 2.21. The van der Waals surface area contributed by atoms with Crippen molar-refractivity contribution in [2.45, 2.75) is 47.6 Å². The van der Waals surface area contributed by atoms with Crippen molar-refractivity contribution < 1.29 is 4.79 Å². The average Bonchev–Trinajstić information content (AvgIpc) is 2.24. The monoisotopic (exact) mass is 233 g/mol. The van der Waals surface area contributed by atoms with Crippen LogP contribution in [0.3, 0.4) is 0 Å². The second-order valence-electron chi connectivity index (χ2n) is 5.09. The van der Waals surface area contributed by atoms with E-state index >= 15 is 0 Å². The number of hydrogen-bond acceptors (Lipinski definition) is 2. The van der Waals surface area contributed by atoms with E-state index in [4.69, 9.17) is 0 Å². The second-order valence-corrected chi connectivity index (χ2v) is 5.09. The first-order valence-electron chi connectivity index (χ1n) is 6.18. The van der Waals surface area contributed by atoms with Crippen LogP contribution >= 0.6 is 0 Å². The van der Waals surface area contributed by atoms with Crippen LogP contribution in [0.15, 0.2) is 6.07 Å². The van der Waals surface area contributed by atoms with Crippen molar-refractivity contribution in [2.75, 3.05) is 6.54 Å². The van der Waals surface area contributed by atoms with Gasteiger partial charge in [0.1, 0.15) is 0 Å². The van der Waals surface area contributed by atoms with Crippen LogP contribution in [0.5, 0.6) is 0 Å². The molecule has 0 radical (unpaired) electrons. The Bertz CT molecular complexity index is 407. The fourth-order valence-corrected chi connectivity index (χ4v) is 2.02. The lowest BCUT2D eigenvalue weighted by atomic mass is 9.91. The van der Waals surface area contributed by atoms with Crippen LogP contribution in [0, 0.1) is 27.7 Å². The summed E-state index contributed by atoms with van der Waals surface area (Å²) in [5.41, 5.74) is 5.52. The number of ketones is 1. The molecule has 0 heterocycles. The molecule has 0 aliphatic rings. The fraction of sp³-hybridized carbons (Fsp3) is 0.533. The minimum absolute atomic E-state index is 0.195. The third-order valence-electron chi connectivity index (χ3n) is 3.32. The third kappa shape index (κ3) is 3.16. The van der Waals surface area contributed by atoms with Gasteiger partial charge in [-0.15, -0.1) is 0 Å². The van der Waals surface area contributed by atoms with Crippen LogP contribution in [0.2, 0.25) is 0 Å². The van der Waals surface area contributed by atoms with E-state index < -0.39 is 0 Å². The summed E-state index contributed by atoms with van der Waals surface area (Å²) in [6, 6.07) is 2.49. The van der Waals surface area contributed by atoms with E-state index in [1.165, 1.54) is 11.1 Å². The van der Waals surface area contributed by atoms with Crippen molar-refractivity contribution in [3.8, 4) is 0 Å². The molecule has 1 aromatic rings. The Morgan fingerprint density at radius 3 is 2.00 bits per heavy atom. The number of Topliss-reactive ketones (excluding diaryl/α,β-unsaturated/α-hetero) is 1. The quantitative estimate of drug-likeness (QED) is 0.810. The molecule has 0 aromatic heterocycles. The number of benzene rings is 1. The van der Waals surface area contributed by atoms with Crippen molar-refractivity contribution in [3.05, 3.63) is 33.9 Å². The van der Waals surface area contributed by atoms with Crippen LogP contribution in [-0.2, 0) is 0 Å². The molecule has 1 aromatic carbocycles. The number of nitrogens with one attached hydrogen (secondary N) is 1. The average molecular weight is 233 g/mol. The van der Waals surface area contributed by atoms with E-state index in [0.717, 1.165) is 16.7 Å². The van der Waals surface area contributed by atoms with Crippen LogP contribution in [0.4, 0.5) is 0 Å². The zero-order valence-corrected chi connectivity index (χ0v) is 11.8. The van der Waals surface area contributed by atoms with Crippen LogP contribution < -0.4 is 5.32 Å². The zero-order chi connectivity index (χ0) is 13.2. The molecule has 0 saturated carbocycles. The van der Waals surface area contributed by atoms with Crippen LogP contribution in [0.25, 0.3) is 0 Å². The number of hydrogen-bond donors (Lipinski definition) is 1. The highest BCUT2D eigenvalue weighted by Gasteiger charge is 2.15. The van der Waals surface area contributed by atoms with E-state index in [9.17, 15) is 4.79 Å². The molecule has 2 heteroatoms. The van der Waals surface area contributed by atoms with Gasteiger partial charge in [-0.2, -0.15) is 0 Å². The molecular weight excluding hydrogens is 210 g/mol. The summed E-state index contributed by atoms with van der Waals surface area (Å²) in [5.74, 6) is 0.195. The predicted octanol–water partition coefficient (Wildman–Crippen LogP) is 3.10. The number of rotatable bonds is 4. The molecular formula is C15H23NO. The van der Waals surface area contributed by atoms with Gasteiger partial charge in [0.05, 0.1) is 6.54 Å². The van der Waals surface area contributed by atoms with E-state index in [0.29, 0.717) is 12.6 Å². The lowest BCUT2D eigenvalue weighted by Gasteiger charge is -2.15. The van der Waals surface area contributed by atoms with Crippen molar-refractivity contribution in [1.29, 1.82) is 0 Å². The van der Waals surface area contributed by atoms with Crippen molar-refractivity contribution in [1.82, 2.24) is 5.32 Å². The van der Waals surface area contributed by atoms with Gasteiger partial charge in [0, 0.05) is 11.6 Å². The minimum atomic E-state index is 0.195. The standard InChI is InChI=1S/C15H23NO/c1-9(2)16-8-14(17)15-12(5)10(3)7-11(4)13(15)6/h7,9,16H,8H2,1-6H3. The highest BCUT2D eigenvalue weighted by molar-refractivity contribution is 6.00. The maximum absolute atomic E-state index is 12.2. The lowest BCUT2D eigenvalue weighted by Crippen LogP contribution is -2.30. The molecule has 0 spiro atoms. The molecule has 0 saturated heterocycles. The summed E-state index contributed by atoms with van der Waals surface area (Å²) in [5, 5.41) is 3.19. The summed E-state index contributed by atoms with van der Waals surface area (Å²) < 4.78 is 0. The molecule has 0 fully saturated rings. The first kappa shape index (κ1) is 13.9. The zero-order valence-electron chi connectivity index (χ0n) is 11.8. The van der Waals surface area contributed by atoms with Gasteiger partial charge < -0.3 is 5.32 Å². The van der Waals surface area contributed by atoms with E-state index in [2.05, 4.69) is 39.1 Å². The number of aryl methyl sites for hydroxylation is 2. The van der Waals surface area contributed by atoms with Crippen molar-refractivity contribution in [2.24, 2.45) is 0 Å². The van der Waals surface area contributed by atoms with Gasteiger partial charge in [0.2, 0.25) is 0 Å². The van der Waals surface area contributed by atoms with Gasteiger partial charge in [0.15, 0.2) is 5.78 Å². The maximum Gasteiger partial charge on any atom is 0.177 e. The van der Waals surface area contributed by atoms with Crippen molar-refractivity contribution in [3.63, 3.8) is 0 Å². The number of carbonyl (C=O) groups excluding carboxylic acids is 1. The summed E-state index contributed by atoms with van der Waals surface area (Å²) in [4.78, 5) is 12.2. The maximum atomic E-state index is 12.2. The molecule has 0 bridgehead atoms. The molecule has 0 atom stereocenters. The molecule has 0 aliphatic heterocycles. The first-order valence-corrected chi connectivity index (χ1v) is 6.18. The number of carbonyl (C=O) groups is 1. The second kappa shape index (κ2) is 5.46. The SMILES string of the molecule is Cc1cc(C)c(C)c(C(=O)CNC(C)C)c1C. The normalized spacial score (nSPS) is 11.0. The molecule has 0 aliphatic carbocycles. The van der Waals surface area contributed by atoms with Gasteiger partial charge >= 0.3 is 0 Å². The molecule has 1 rings (SSSR count). The first-order chi connectivity index (χ1) is 7.84. The molecule has 2 nitrogen and oxygen atoms in total. The molecule has 0 amide bonds. The Kier molecular flexibility index (Phi) is 4.47. The predicted molar refractivity (Wildman–Crippen MR) is 72.9 cm³/mol. The Morgan fingerprint density at radius 1 is 1.12 bits per heavy atom. The Labute approximate surface area is 104 Å². The van der Waals surface area contributed by atoms with E-state index in [-0.39, 0.29) is 5.78 Å². The molecule has 1 N–H and O–H groups in total. The summed E-state index contributed by atoms with van der Waals surface area (Å²) in [6.45, 7) is 12.7. The summed E-state index contributed by atoms with van der Waals surface area (Å²) in [7, 11) is 0. The highest BCUT2D eigenvalue weighted by atomic mass is 16.1. The summed E-state index contributed by atoms with van der Waals surface area (Å²) in [6.07, 6.45) is 0. The molecule has 0 unspecified atom stereocenters. The lowest BCUT2D eigenvalue weighted by molar-refractivity contribution is 0.0987. The van der Waals surface area contributed by atoms with Gasteiger partial charge in [0.25, 0.3) is 0 Å². The largest absolute Gasteiger partial charge is 0.307 e. The third-order valence-corrected chi connectivity index (χ3v) is 3.32. The van der Waals surface area contributed by atoms with Crippen LogP contribution in [-0.4, -0.2) is 18.4 Å². The van der Waals surface area contributed by atoms with Crippen LogP contribution in [0.1, 0.15) is 46.5 Å². The smallest absolute Gasteiger partial charge is 0.177 e. The summed E-state index contributed by atoms with van der Waals surface area (Å²) >= 11 is 0. The fourth-order valence-electron chi connectivity index (χ4n) is 2.02. The Morgan fingerprint density at radius 2 is 1.59 bits per heavy atom. The van der Waals surface area contributed by atoms with Gasteiger partial charge in [-0.05, 0) is 49.9 Å². The van der Waals surface area contributed by atoms with Crippen molar-refractivity contribution >= 4 is 5.78 Å². The topological polar surface area (TPSA) is 29.1 Å². The van der Waals surface area contributed by atoms with Gasteiger partial charge in [-0.25, -0.2) is 0 Å². The van der Waals surface area contributed by atoms with E-state index in [1.54, 1.807) is 0 Å². The van der Waals surface area contributed by atoms with Gasteiger partial charge in [-0.3, -0.25) is 4.79 Å². The Hall–Kier alpha value is -1.15. The molecule has 94 valence electrons. The van der Waals surface area contributed by atoms with E-state index in [1.807, 2.05) is 13.8 Å². The molecule has 17 heavy (non-hydrogen) atoms.